The molecule has 5 aromatic rings. The second-order valence-corrected chi connectivity index (χ2v) is 8.03. The standard InChI is InChI=1S/C25H19ClN4O4/c1-2-33-19-9-6-16(7-10-19)22-28-23(34-29-22)17-8-11-20-21(13-17)27-25(32)30(24(20)31)14-15-4-3-5-18(26)12-15/h3-13H,2,14H2,1H3,(H,27,32). The number of hydrogen-bond acceptors (Lipinski definition) is 6. The Bertz CT molecular complexity index is 1600. The number of nitrogens with one attached hydrogen (secondary N) is 1. The number of hydrogen-bond donors (Lipinski definition) is 1. The van der Waals surface area contributed by atoms with Crippen LogP contribution in [0, 0.1) is 0 Å². The van der Waals surface area contributed by atoms with Gasteiger partial charge in [-0.3, -0.25) is 9.36 Å². The number of benzene rings is 3. The van der Waals surface area contributed by atoms with Crippen molar-refractivity contribution in [3.8, 4) is 28.6 Å². The van der Waals surface area contributed by atoms with Gasteiger partial charge in [0.05, 0.1) is 24.1 Å². The number of aromatic amines is 1. The summed E-state index contributed by atoms with van der Waals surface area (Å²) >= 11 is 6.02. The highest BCUT2D eigenvalue weighted by molar-refractivity contribution is 6.30. The summed E-state index contributed by atoms with van der Waals surface area (Å²) in [6, 6.07) is 19.4. The van der Waals surface area contributed by atoms with Gasteiger partial charge in [-0.25, -0.2) is 4.79 Å². The molecule has 1 N–H and O–H groups in total. The van der Waals surface area contributed by atoms with E-state index in [2.05, 4.69) is 15.1 Å². The Kier molecular flexibility index (Phi) is 5.73. The monoisotopic (exact) mass is 474 g/mol. The van der Waals surface area contributed by atoms with E-state index in [1.54, 1.807) is 36.4 Å². The Morgan fingerprint density at radius 2 is 1.82 bits per heavy atom. The predicted molar refractivity (Wildman–Crippen MR) is 129 cm³/mol. The minimum Gasteiger partial charge on any atom is -0.494 e. The first-order valence-corrected chi connectivity index (χ1v) is 11.0. The Balaban J connectivity index is 1.47. The number of rotatable bonds is 6. The van der Waals surface area contributed by atoms with E-state index in [1.807, 2.05) is 37.3 Å². The predicted octanol–water partition coefficient (Wildman–Crippen LogP) is 4.51. The zero-order valence-corrected chi connectivity index (χ0v) is 18.9. The summed E-state index contributed by atoms with van der Waals surface area (Å²) in [7, 11) is 0. The lowest BCUT2D eigenvalue weighted by Crippen LogP contribution is -2.35. The van der Waals surface area contributed by atoms with Gasteiger partial charge in [-0.1, -0.05) is 28.9 Å². The molecule has 0 saturated heterocycles. The van der Waals surface area contributed by atoms with E-state index in [0.717, 1.165) is 21.4 Å². The summed E-state index contributed by atoms with van der Waals surface area (Å²) in [6.45, 7) is 2.62. The van der Waals surface area contributed by atoms with Crippen LogP contribution in [0.2, 0.25) is 5.02 Å². The summed E-state index contributed by atoms with van der Waals surface area (Å²) < 4.78 is 12.0. The lowest BCUT2D eigenvalue weighted by molar-refractivity contribution is 0.340. The molecule has 170 valence electrons. The fraction of sp³-hybridized carbons (Fsp3) is 0.120. The lowest BCUT2D eigenvalue weighted by atomic mass is 10.1. The first-order valence-electron chi connectivity index (χ1n) is 10.6. The molecule has 0 bridgehead atoms. The number of halogens is 1. The number of aromatic nitrogens is 4. The van der Waals surface area contributed by atoms with Crippen LogP contribution in [0.4, 0.5) is 0 Å². The Morgan fingerprint density at radius 3 is 2.59 bits per heavy atom. The van der Waals surface area contributed by atoms with Crippen LogP contribution in [0.3, 0.4) is 0 Å². The van der Waals surface area contributed by atoms with Crippen molar-refractivity contribution in [1.82, 2.24) is 19.7 Å². The van der Waals surface area contributed by atoms with Crippen molar-refractivity contribution < 1.29 is 9.26 Å². The fourth-order valence-electron chi connectivity index (χ4n) is 3.67. The van der Waals surface area contributed by atoms with Gasteiger partial charge in [0.1, 0.15) is 5.75 Å². The van der Waals surface area contributed by atoms with E-state index in [0.29, 0.717) is 33.9 Å². The Morgan fingerprint density at radius 1 is 1.03 bits per heavy atom. The van der Waals surface area contributed by atoms with Crippen LogP contribution >= 0.6 is 11.6 Å². The summed E-state index contributed by atoms with van der Waals surface area (Å²) in [5.41, 5.74) is 1.58. The van der Waals surface area contributed by atoms with E-state index in [4.69, 9.17) is 20.9 Å². The molecule has 0 fully saturated rings. The van der Waals surface area contributed by atoms with Crippen LogP contribution in [-0.2, 0) is 6.54 Å². The van der Waals surface area contributed by atoms with Crippen LogP contribution in [0.25, 0.3) is 33.7 Å². The Labute approximate surface area is 198 Å². The first kappa shape index (κ1) is 21.7. The van der Waals surface area contributed by atoms with Crippen molar-refractivity contribution >= 4 is 22.5 Å². The zero-order valence-electron chi connectivity index (χ0n) is 18.1. The molecule has 9 heteroatoms. The van der Waals surface area contributed by atoms with Crippen molar-refractivity contribution in [2.24, 2.45) is 0 Å². The van der Waals surface area contributed by atoms with Crippen molar-refractivity contribution in [2.75, 3.05) is 6.61 Å². The fourth-order valence-corrected chi connectivity index (χ4v) is 3.89. The average molecular weight is 475 g/mol. The minimum atomic E-state index is -0.518. The Hall–Kier alpha value is -4.17. The molecule has 0 atom stereocenters. The molecule has 0 amide bonds. The van der Waals surface area contributed by atoms with Crippen LogP contribution in [-0.4, -0.2) is 26.3 Å². The van der Waals surface area contributed by atoms with Crippen molar-refractivity contribution in [1.29, 1.82) is 0 Å². The smallest absolute Gasteiger partial charge is 0.329 e. The average Bonchev–Trinajstić information content (AvgIpc) is 3.33. The third-order valence-electron chi connectivity index (χ3n) is 5.31. The number of ether oxygens (including phenoxy) is 1. The quantitative estimate of drug-likeness (QED) is 0.388. The van der Waals surface area contributed by atoms with E-state index in [9.17, 15) is 9.59 Å². The van der Waals surface area contributed by atoms with E-state index in [1.165, 1.54) is 0 Å². The molecule has 2 aromatic heterocycles. The molecule has 0 saturated carbocycles. The van der Waals surface area contributed by atoms with Crippen LogP contribution in [0.5, 0.6) is 5.75 Å². The molecule has 0 radical (unpaired) electrons. The highest BCUT2D eigenvalue weighted by Gasteiger charge is 2.14. The molecular formula is C25H19ClN4O4. The molecular weight excluding hydrogens is 456 g/mol. The highest BCUT2D eigenvalue weighted by Crippen LogP contribution is 2.25. The molecule has 34 heavy (non-hydrogen) atoms. The molecule has 2 heterocycles. The highest BCUT2D eigenvalue weighted by atomic mass is 35.5. The van der Waals surface area contributed by atoms with Crippen LogP contribution in [0.1, 0.15) is 12.5 Å². The molecule has 3 aromatic carbocycles. The normalized spacial score (nSPS) is 11.1. The van der Waals surface area contributed by atoms with E-state index < -0.39 is 11.2 Å². The lowest BCUT2D eigenvalue weighted by Gasteiger charge is -2.07. The molecule has 0 aliphatic rings. The van der Waals surface area contributed by atoms with E-state index in [-0.39, 0.29) is 12.4 Å². The maximum Gasteiger partial charge on any atom is 0.329 e. The van der Waals surface area contributed by atoms with Gasteiger partial charge >= 0.3 is 5.69 Å². The largest absolute Gasteiger partial charge is 0.494 e. The van der Waals surface area contributed by atoms with Crippen molar-refractivity contribution in [2.45, 2.75) is 13.5 Å². The van der Waals surface area contributed by atoms with Gasteiger partial charge in [0, 0.05) is 16.1 Å². The molecule has 0 spiro atoms. The summed E-state index contributed by atoms with van der Waals surface area (Å²) in [6.07, 6.45) is 0. The first-order chi connectivity index (χ1) is 16.5. The van der Waals surface area contributed by atoms with Gasteiger partial charge in [-0.05, 0) is 67.1 Å². The van der Waals surface area contributed by atoms with Crippen LogP contribution in [0.15, 0.2) is 80.8 Å². The van der Waals surface area contributed by atoms with Gasteiger partial charge in [-0.15, -0.1) is 0 Å². The molecule has 5 rings (SSSR count). The molecule has 8 nitrogen and oxygen atoms in total. The minimum absolute atomic E-state index is 0.113. The van der Waals surface area contributed by atoms with Gasteiger partial charge < -0.3 is 14.2 Å². The van der Waals surface area contributed by atoms with Gasteiger partial charge in [-0.2, -0.15) is 4.98 Å². The van der Waals surface area contributed by atoms with Crippen molar-refractivity contribution in [3.63, 3.8) is 0 Å². The second kappa shape index (κ2) is 8.99. The van der Waals surface area contributed by atoms with Gasteiger partial charge in [0.15, 0.2) is 0 Å². The van der Waals surface area contributed by atoms with Gasteiger partial charge in [0.2, 0.25) is 5.82 Å². The summed E-state index contributed by atoms with van der Waals surface area (Å²) in [4.78, 5) is 32.9. The number of fused-ring (bicyclic) bond motifs is 1. The summed E-state index contributed by atoms with van der Waals surface area (Å²) in [5.74, 6) is 1.45. The number of nitrogens with zero attached hydrogens (tertiary/aromatic N) is 3. The summed E-state index contributed by atoms with van der Waals surface area (Å²) in [5, 5.41) is 4.96. The van der Waals surface area contributed by atoms with E-state index >= 15 is 0 Å². The van der Waals surface area contributed by atoms with Gasteiger partial charge in [0.25, 0.3) is 11.4 Å². The molecule has 0 aliphatic carbocycles. The molecule has 0 aliphatic heterocycles. The SMILES string of the molecule is CCOc1ccc(-c2noc(-c3ccc4c(=O)n(Cc5cccc(Cl)c5)c(=O)[nH]c4c3)n2)cc1. The maximum absolute atomic E-state index is 13.0. The van der Waals surface area contributed by atoms with Crippen LogP contribution < -0.4 is 16.0 Å². The number of H-pyrrole nitrogens is 1. The van der Waals surface area contributed by atoms with Crippen molar-refractivity contribution in [3.05, 3.63) is 98.2 Å². The zero-order chi connectivity index (χ0) is 23.7. The topological polar surface area (TPSA) is 103 Å². The molecule has 0 unspecified atom stereocenters. The second-order valence-electron chi connectivity index (χ2n) is 7.59. The third kappa shape index (κ3) is 4.23. The third-order valence-corrected chi connectivity index (χ3v) is 5.54. The maximum atomic E-state index is 13.0.